The molecule has 0 fully saturated rings. The number of allylic oxidation sites excluding steroid dienone is 4. The fourth-order valence-corrected chi connectivity index (χ4v) is 3.51. The summed E-state index contributed by atoms with van der Waals surface area (Å²) < 4.78 is 0. The van der Waals surface area contributed by atoms with E-state index in [0.717, 1.165) is 18.3 Å². The van der Waals surface area contributed by atoms with Crippen LogP contribution >= 0.6 is 11.8 Å². The second-order valence-corrected chi connectivity index (χ2v) is 6.57. The van der Waals surface area contributed by atoms with Crippen LogP contribution in [0.15, 0.2) is 64.1 Å². The Morgan fingerprint density at radius 1 is 1.36 bits per heavy atom. The van der Waals surface area contributed by atoms with Gasteiger partial charge < -0.3 is 4.98 Å². The molecule has 1 N–H and O–H groups in total. The quantitative estimate of drug-likeness (QED) is 0.509. The second kappa shape index (κ2) is 7.77. The maximum absolute atomic E-state index is 12.2. The highest BCUT2D eigenvalue weighted by Crippen LogP contribution is 2.25. The van der Waals surface area contributed by atoms with Gasteiger partial charge in [-0.2, -0.15) is 5.26 Å². The van der Waals surface area contributed by atoms with Crippen molar-refractivity contribution in [2.45, 2.75) is 11.6 Å². The van der Waals surface area contributed by atoms with Crippen LogP contribution < -0.4 is 5.56 Å². The van der Waals surface area contributed by atoms with Gasteiger partial charge in [-0.15, -0.1) is 0 Å². The number of benzene rings is 1. The molecule has 25 heavy (non-hydrogen) atoms. The standard InChI is InChI=1S/C19H15N3O2S/c20-10-16-17(15-7-2-1-3-8-15)21-19(22-18(16)24)25-12-14-6-4-5-13(9-14)11-23/h1-5,7-9,11,14H,6,12H2,(H,21,22,24). The van der Waals surface area contributed by atoms with Crippen LogP contribution in [0.4, 0.5) is 0 Å². The summed E-state index contributed by atoms with van der Waals surface area (Å²) in [4.78, 5) is 30.2. The predicted molar refractivity (Wildman–Crippen MR) is 97.1 cm³/mol. The summed E-state index contributed by atoms with van der Waals surface area (Å²) in [6, 6.07) is 11.1. The van der Waals surface area contributed by atoms with Crippen molar-refractivity contribution in [1.29, 1.82) is 5.26 Å². The van der Waals surface area contributed by atoms with Crippen molar-refractivity contribution in [3.05, 3.63) is 70.1 Å². The summed E-state index contributed by atoms with van der Waals surface area (Å²) in [5.74, 6) is 0.890. The summed E-state index contributed by atoms with van der Waals surface area (Å²) in [6.07, 6.45) is 7.39. The molecule has 1 unspecified atom stereocenters. The van der Waals surface area contributed by atoms with Crippen LogP contribution in [-0.2, 0) is 4.79 Å². The monoisotopic (exact) mass is 349 g/mol. The van der Waals surface area contributed by atoms with Crippen molar-refractivity contribution in [2.24, 2.45) is 5.92 Å². The summed E-state index contributed by atoms with van der Waals surface area (Å²) >= 11 is 1.41. The van der Waals surface area contributed by atoms with E-state index in [1.165, 1.54) is 11.8 Å². The van der Waals surface area contributed by atoms with Crippen molar-refractivity contribution in [2.75, 3.05) is 5.75 Å². The van der Waals surface area contributed by atoms with Crippen LogP contribution in [0.2, 0.25) is 0 Å². The third-order valence-electron chi connectivity index (χ3n) is 3.80. The zero-order valence-electron chi connectivity index (χ0n) is 13.3. The second-order valence-electron chi connectivity index (χ2n) is 5.57. The van der Waals surface area contributed by atoms with Gasteiger partial charge in [-0.3, -0.25) is 9.59 Å². The first-order valence-electron chi connectivity index (χ1n) is 7.77. The van der Waals surface area contributed by atoms with E-state index in [1.807, 2.05) is 54.6 Å². The van der Waals surface area contributed by atoms with Gasteiger partial charge in [0, 0.05) is 16.9 Å². The predicted octanol–water partition coefficient (Wildman–Crippen LogP) is 3.10. The number of aldehydes is 1. The van der Waals surface area contributed by atoms with Gasteiger partial charge in [0.25, 0.3) is 5.56 Å². The van der Waals surface area contributed by atoms with E-state index in [1.54, 1.807) is 0 Å². The van der Waals surface area contributed by atoms with Crippen LogP contribution in [0, 0.1) is 17.2 Å². The SMILES string of the molecule is N#Cc1c(-c2ccccc2)nc(SCC2C=C(C=O)C=CC2)[nH]c1=O. The molecule has 1 aliphatic carbocycles. The Kier molecular flexibility index (Phi) is 5.26. The first-order chi connectivity index (χ1) is 12.2. The molecule has 0 radical (unpaired) electrons. The largest absolute Gasteiger partial charge is 0.300 e. The molecule has 0 saturated carbocycles. The van der Waals surface area contributed by atoms with E-state index in [-0.39, 0.29) is 11.5 Å². The lowest BCUT2D eigenvalue weighted by Crippen LogP contribution is -2.15. The fraction of sp³-hybridized carbons (Fsp3) is 0.158. The Labute approximate surface area is 149 Å². The topological polar surface area (TPSA) is 86.6 Å². The zero-order chi connectivity index (χ0) is 17.6. The number of aromatic nitrogens is 2. The molecule has 0 saturated heterocycles. The van der Waals surface area contributed by atoms with E-state index in [9.17, 15) is 14.9 Å². The highest BCUT2D eigenvalue weighted by molar-refractivity contribution is 7.99. The Hall–Kier alpha value is -2.91. The molecule has 2 aromatic rings. The van der Waals surface area contributed by atoms with E-state index in [4.69, 9.17) is 0 Å². The lowest BCUT2D eigenvalue weighted by molar-refractivity contribution is -0.104. The zero-order valence-corrected chi connectivity index (χ0v) is 14.1. The average molecular weight is 349 g/mol. The maximum atomic E-state index is 12.2. The number of carbonyl (C=O) groups is 1. The molecule has 1 atom stereocenters. The molecule has 1 aliphatic rings. The van der Waals surface area contributed by atoms with Gasteiger partial charge in [0.2, 0.25) is 0 Å². The van der Waals surface area contributed by atoms with Crippen LogP contribution in [-0.4, -0.2) is 22.0 Å². The van der Waals surface area contributed by atoms with E-state index >= 15 is 0 Å². The highest BCUT2D eigenvalue weighted by atomic mass is 32.2. The molecule has 0 aliphatic heterocycles. The van der Waals surface area contributed by atoms with E-state index in [2.05, 4.69) is 9.97 Å². The van der Waals surface area contributed by atoms with E-state index < -0.39 is 5.56 Å². The minimum absolute atomic E-state index is 0.0132. The Balaban J connectivity index is 1.86. The molecule has 0 bridgehead atoms. The summed E-state index contributed by atoms with van der Waals surface area (Å²) in [6.45, 7) is 0. The van der Waals surface area contributed by atoms with Crippen molar-refractivity contribution in [3.63, 3.8) is 0 Å². The number of aromatic amines is 1. The van der Waals surface area contributed by atoms with Crippen molar-refractivity contribution in [1.82, 2.24) is 9.97 Å². The van der Waals surface area contributed by atoms with Gasteiger partial charge in [0.15, 0.2) is 5.16 Å². The Morgan fingerprint density at radius 2 is 2.16 bits per heavy atom. The van der Waals surface area contributed by atoms with Gasteiger partial charge in [0.1, 0.15) is 17.9 Å². The van der Waals surface area contributed by atoms with Gasteiger partial charge in [0.05, 0.1) is 5.69 Å². The lowest BCUT2D eigenvalue weighted by atomic mass is 9.99. The minimum atomic E-state index is -0.438. The van der Waals surface area contributed by atoms with Crippen molar-refractivity contribution < 1.29 is 4.79 Å². The Morgan fingerprint density at radius 3 is 2.88 bits per heavy atom. The van der Waals surface area contributed by atoms with Gasteiger partial charge >= 0.3 is 0 Å². The third-order valence-corrected chi connectivity index (χ3v) is 4.87. The van der Waals surface area contributed by atoms with Crippen molar-refractivity contribution in [3.8, 4) is 17.3 Å². The third kappa shape index (κ3) is 3.95. The molecule has 1 aromatic heterocycles. The molecule has 0 amide bonds. The number of nitrogens with one attached hydrogen (secondary N) is 1. The number of carbonyl (C=O) groups excluding carboxylic acids is 1. The number of H-pyrrole nitrogens is 1. The Bertz CT molecular complexity index is 939. The number of rotatable bonds is 5. The van der Waals surface area contributed by atoms with Crippen LogP contribution in [0.25, 0.3) is 11.3 Å². The molecule has 6 heteroatoms. The number of thioether (sulfide) groups is 1. The van der Waals surface area contributed by atoms with Crippen molar-refractivity contribution >= 4 is 18.0 Å². The molecular formula is C19H15N3O2S. The normalized spacial score (nSPS) is 16.1. The van der Waals surface area contributed by atoms with E-state index in [0.29, 0.717) is 22.2 Å². The number of hydrogen-bond donors (Lipinski definition) is 1. The van der Waals surface area contributed by atoms with Gasteiger partial charge in [-0.25, -0.2) is 4.98 Å². The van der Waals surface area contributed by atoms with Crippen LogP contribution in [0.3, 0.4) is 0 Å². The number of nitrogens with zero attached hydrogens (tertiary/aromatic N) is 2. The minimum Gasteiger partial charge on any atom is -0.300 e. The van der Waals surface area contributed by atoms with Gasteiger partial charge in [-0.05, 0) is 12.3 Å². The molecular weight excluding hydrogens is 334 g/mol. The smallest absolute Gasteiger partial charge is 0.270 e. The molecule has 124 valence electrons. The molecule has 1 aromatic carbocycles. The summed E-state index contributed by atoms with van der Waals surface area (Å²) in [5, 5.41) is 9.75. The summed E-state index contributed by atoms with van der Waals surface area (Å²) in [7, 11) is 0. The lowest BCUT2D eigenvalue weighted by Gasteiger charge is -2.14. The van der Waals surface area contributed by atoms with Crippen LogP contribution in [0.5, 0.6) is 0 Å². The first-order valence-corrected chi connectivity index (χ1v) is 8.76. The maximum Gasteiger partial charge on any atom is 0.270 e. The van der Waals surface area contributed by atoms with Gasteiger partial charge in [-0.1, -0.05) is 60.3 Å². The molecule has 1 heterocycles. The number of nitriles is 1. The average Bonchev–Trinajstić information content (AvgIpc) is 2.66. The fourth-order valence-electron chi connectivity index (χ4n) is 2.58. The molecule has 0 spiro atoms. The molecule has 3 rings (SSSR count). The first kappa shape index (κ1) is 16.9. The number of hydrogen-bond acceptors (Lipinski definition) is 5. The summed E-state index contributed by atoms with van der Waals surface area (Å²) in [5.41, 5.74) is 1.37. The highest BCUT2D eigenvalue weighted by Gasteiger charge is 2.15. The van der Waals surface area contributed by atoms with Crippen LogP contribution in [0.1, 0.15) is 12.0 Å². The molecule has 5 nitrogen and oxygen atoms in total.